The number of ether oxygens (including phenoxy) is 1. The lowest BCUT2D eigenvalue weighted by atomic mass is 10.9. The maximum absolute atomic E-state index is 10.5. The highest BCUT2D eigenvalue weighted by Gasteiger charge is 2.05. The Hall–Kier alpha value is -1.13. The van der Waals surface area contributed by atoms with Gasteiger partial charge in [-0.2, -0.15) is 10.5 Å². The lowest BCUT2D eigenvalue weighted by Crippen LogP contribution is -2.21. The van der Waals surface area contributed by atoms with Crippen molar-refractivity contribution in [2.45, 2.75) is 6.92 Å². The molecule has 1 N–H and O–H groups in total. The van der Waals surface area contributed by atoms with Crippen molar-refractivity contribution in [1.82, 2.24) is 5.01 Å². The number of hydrogen-bond acceptors (Lipinski definition) is 4. The maximum Gasteiger partial charge on any atom is 0.431 e. The van der Waals surface area contributed by atoms with Crippen LogP contribution in [0.1, 0.15) is 6.92 Å². The van der Waals surface area contributed by atoms with E-state index in [0.717, 1.165) is 5.01 Å². The zero-order valence-electron chi connectivity index (χ0n) is 5.42. The predicted octanol–water partition coefficient (Wildman–Crippen LogP) is 1.02. The van der Waals surface area contributed by atoms with Crippen LogP contribution < -0.4 is 0 Å². The second kappa shape index (κ2) is 3.82. The monoisotopic (exact) mass is 131 g/mol. The van der Waals surface area contributed by atoms with Gasteiger partial charge in [-0.25, -0.2) is 4.79 Å². The van der Waals surface area contributed by atoms with Crippen molar-refractivity contribution in [3.63, 3.8) is 0 Å². The highest BCUT2D eigenvalue weighted by molar-refractivity contribution is 5.66. The minimum atomic E-state index is -0.604. The molecule has 0 radical (unpaired) electrons. The van der Waals surface area contributed by atoms with E-state index in [0.29, 0.717) is 6.61 Å². The molecule has 0 aromatic carbocycles. The highest BCUT2D eigenvalue weighted by Crippen LogP contribution is 1.88. The summed E-state index contributed by atoms with van der Waals surface area (Å²) < 4.78 is 4.47. The molecule has 0 aliphatic rings. The number of amides is 1. The Labute approximate surface area is 53.1 Å². The summed E-state index contributed by atoms with van der Waals surface area (Å²) in [5.41, 5.74) is 6.37. The fourth-order valence-corrected chi connectivity index (χ4v) is 0.258. The van der Waals surface area contributed by atoms with Crippen LogP contribution in [0.5, 0.6) is 0 Å². The van der Waals surface area contributed by atoms with Gasteiger partial charge >= 0.3 is 6.09 Å². The van der Waals surface area contributed by atoms with Crippen LogP contribution in [0.4, 0.5) is 4.79 Å². The molecule has 0 heterocycles. The van der Waals surface area contributed by atoms with Gasteiger partial charge in [0.15, 0.2) is 0 Å². The quantitative estimate of drug-likeness (QED) is 0.449. The smallest absolute Gasteiger partial charge is 0.431 e. The van der Waals surface area contributed by atoms with Crippen LogP contribution in [0.15, 0.2) is 5.22 Å². The van der Waals surface area contributed by atoms with Crippen molar-refractivity contribution in [2.75, 3.05) is 13.7 Å². The molecule has 0 fully saturated rings. The van der Waals surface area contributed by atoms with E-state index in [2.05, 4.69) is 9.96 Å². The molecule has 0 rings (SSSR count). The van der Waals surface area contributed by atoms with Crippen LogP contribution in [0.2, 0.25) is 0 Å². The molecule has 52 valence electrons. The van der Waals surface area contributed by atoms with Gasteiger partial charge in [-0.3, -0.25) is 0 Å². The molecule has 0 aliphatic carbocycles. The van der Waals surface area contributed by atoms with Crippen molar-refractivity contribution in [1.29, 1.82) is 5.53 Å². The lowest BCUT2D eigenvalue weighted by Gasteiger charge is -2.06. The maximum atomic E-state index is 10.5. The average molecular weight is 131 g/mol. The van der Waals surface area contributed by atoms with E-state index in [1.807, 2.05) is 0 Å². The van der Waals surface area contributed by atoms with E-state index in [1.165, 1.54) is 7.05 Å². The first-order valence-corrected chi connectivity index (χ1v) is 2.50. The first-order chi connectivity index (χ1) is 4.22. The molecule has 0 unspecified atom stereocenters. The zero-order valence-corrected chi connectivity index (χ0v) is 5.42. The first-order valence-electron chi connectivity index (χ1n) is 2.50. The van der Waals surface area contributed by atoms with Gasteiger partial charge in [0, 0.05) is 7.05 Å². The zero-order chi connectivity index (χ0) is 7.28. The number of hydrogen-bond donors (Lipinski definition) is 1. The molecule has 0 atom stereocenters. The second-order valence-electron chi connectivity index (χ2n) is 1.32. The van der Waals surface area contributed by atoms with Crippen LogP contribution in [0.3, 0.4) is 0 Å². The van der Waals surface area contributed by atoms with Crippen LogP contribution >= 0.6 is 0 Å². The summed E-state index contributed by atoms with van der Waals surface area (Å²) in [6, 6.07) is 0. The Morgan fingerprint density at radius 1 is 1.89 bits per heavy atom. The molecule has 9 heavy (non-hydrogen) atoms. The lowest BCUT2D eigenvalue weighted by molar-refractivity contribution is 0.113. The number of nitrogens with zero attached hydrogens (tertiary/aromatic N) is 2. The Bertz CT molecular complexity index is 114. The van der Waals surface area contributed by atoms with Crippen LogP contribution in [0.25, 0.3) is 0 Å². The first kappa shape index (κ1) is 7.87. The standard InChI is InChI=1S/C4H9N3O2/c1-3-9-4(8)7(2)6-5/h5H,3H2,1-2H3. The second-order valence-corrected chi connectivity index (χ2v) is 1.32. The van der Waals surface area contributed by atoms with Gasteiger partial charge in [0.2, 0.25) is 0 Å². The SMILES string of the molecule is CCOC(=O)N(C)N=N. The summed E-state index contributed by atoms with van der Waals surface area (Å²) in [7, 11) is 1.35. The highest BCUT2D eigenvalue weighted by atomic mass is 16.6. The molecule has 0 aromatic heterocycles. The van der Waals surface area contributed by atoms with Gasteiger partial charge in [-0.05, 0) is 6.92 Å². The van der Waals surface area contributed by atoms with E-state index in [4.69, 9.17) is 5.53 Å². The van der Waals surface area contributed by atoms with E-state index >= 15 is 0 Å². The molecule has 0 aromatic rings. The number of nitrogens with one attached hydrogen (secondary N) is 1. The number of rotatable bonds is 2. The molecular formula is C4H9N3O2. The van der Waals surface area contributed by atoms with E-state index < -0.39 is 6.09 Å². The van der Waals surface area contributed by atoms with Gasteiger partial charge in [-0.1, -0.05) is 5.22 Å². The van der Waals surface area contributed by atoms with E-state index in [9.17, 15) is 4.79 Å². The Kier molecular flexibility index (Phi) is 3.34. The predicted molar refractivity (Wildman–Crippen MR) is 29.9 cm³/mol. The van der Waals surface area contributed by atoms with Crippen LogP contribution in [-0.4, -0.2) is 24.8 Å². The molecule has 0 bridgehead atoms. The van der Waals surface area contributed by atoms with Crippen molar-refractivity contribution in [3.05, 3.63) is 0 Å². The van der Waals surface area contributed by atoms with Crippen molar-refractivity contribution < 1.29 is 9.53 Å². The minimum Gasteiger partial charge on any atom is -0.448 e. The fourth-order valence-electron chi connectivity index (χ4n) is 0.258. The Morgan fingerprint density at radius 3 is 2.78 bits per heavy atom. The Balaban J connectivity index is 3.58. The van der Waals surface area contributed by atoms with E-state index in [1.54, 1.807) is 6.92 Å². The molecule has 0 saturated heterocycles. The minimum absolute atomic E-state index is 0.304. The fraction of sp³-hybridized carbons (Fsp3) is 0.750. The largest absolute Gasteiger partial charge is 0.448 e. The molecule has 5 nitrogen and oxygen atoms in total. The van der Waals surface area contributed by atoms with Gasteiger partial charge in [0.25, 0.3) is 0 Å². The van der Waals surface area contributed by atoms with Crippen molar-refractivity contribution in [2.24, 2.45) is 5.22 Å². The molecule has 0 spiro atoms. The van der Waals surface area contributed by atoms with Crippen molar-refractivity contribution >= 4 is 6.09 Å². The van der Waals surface area contributed by atoms with Gasteiger partial charge in [-0.15, -0.1) is 0 Å². The molecule has 1 amide bonds. The number of carbonyl (C=O) groups is 1. The van der Waals surface area contributed by atoms with E-state index in [-0.39, 0.29) is 0 Å². The molecule has 0 saturated carbocycles. The third-order valence-electron chi connectivity index (χ3n) is 0.682. The van der Waals surface area contributed by atoms with Crippen LogP contribution in [0, 0.1) is 5.53 Å². The topological polar surface area (TPSA) is 65.8 Å². The summed E-state index contributed by atoms with van der Waals surface area (Å²) in [4.78, 5) is 10.5. The normalized spacial score (nSPS) is 8.22. The average Bonchev–Trinajstić information content (AvgIpc) is 1.87. The third-order valence-corrected chi connectivity index (χ3v) is 0.682. The third kappa shape index (κ3) is 2.63. The van der Waals surface area contributed by atoms with Crippen molar-refractivity contribution in [3.8, 4) is 0 Å². The van der Waals surface area contributed by atoms with Gasteiger partial charge in [0.1, 0.15) is 0 Å². The molecule has 5 heteroatoms. The molecular weight excluding hydrogens is 122 g/mol. The summed E-state index contributed by atoms with van der Waals surface area (Å²) >= 11 is 0. The summed E-state index contributed by atoms with van der Waals surface area (Å²) in [5, 5.41) is 3.62. The van der Waals surface area contributed by atoms with Gasteiger partial charge < -0.3 is 4.74 Å². The van der Waals surface area contributed by atoms with Crippen LogP contribution in [-0.2, 0) is 4.74 Å². The summed E-state index contributed by atoms with van der Waals surface area (Å²) in [6.07, 6.45) is -0.604. The van der Waals surface area contributed by atoms with Gasteiger partial charge in [0.05, 0.1) is 6.61 Å². The summed E-state index contributed by atoms with van der Waals surface area (Å²) in [5.74, 6) is 0. The number of carbonyl (C=O) groups excluding carboxylic acids is 1. The summed E-state index contributed by atoms with van der Waals surface area (Å²) in [6.45, 7) is 1.99. The Morgan fingerprint density at radius 2 is 2.44 bits per heavy atom. The molecule has 0 aliphatic heterocycles.